The molecular formula is C21H28N2O5. The number of carboxylic acids is 1. The van der Waals surface area contributed by atoms with Crippen LogP contribution in [0.25, 0.3) is 0 Å². The lowest BCUT2D eigenvalue weighted by atomic mass is 9.81. The van der Waals surface area contributed by atoms with E-state index < -0.39 is 17.4 Å². The fraction of sp³-hybridized carbons (Fsp3) is 0.571. The minimum atomic E-state index is -0.830. The summed E-state index contributed by atoms with van der Waals surface area (Å²) in [6.45, 7) is 4.41. The fourth-order valence-corrected chi connectivity index (χ4v) is 4.57. The number of amides is 2. The number of rotatable bonds is 6. The molecule has 28 heavy (non-hydrogen) atoms. The lowest BCUT2D eigenvalue weighted by Crippen LogP contribution is -2.51. The van der Waals surface area contributed by atoms with E-state index in [0.717, 1.165) is 12.8 Å². The molecule has 2 N–H and O–H groups in total. The highest BCUT2D eigenvalue weighted by molar-refractivity contribution is 5.99. The Kier molecular flexibility index (Phi) is 5.63. The van der Waals surface area contributed by atoms with Crippen LogP contribution in [-0.2, 0) is 9.59 Å². The third-order valence-electron chi connectivity index (χ3n) is 6.18. The standard InChI is InChI=1S/C21H28N2O5/c1-13(2)17(22-18(24)15-8-4-5-9-16(15)28-3)19(25)23-11-14-7-6-10-21(14,12-23)20(26)27/h4-5,8-9,13-14,17H,6-7,10-12H2,1-3H3,(H,22,24)(H,26,27)/t14-,17?,21+/m0/s1. The van der Waals surface area contributed by atoms with Crippen LogP contribution in [0.1, 0.15) is 43.5 Å². The zero-order valence-electron chi connectivity index (χ0n) is 16.6. The summed E-state index contributed by atoms with van der Waals surface area (Å²) in [5.74, 6) is -1.11. The molecule has 2 fully saturated rings. The van der Waals surface area contributed by atoms with Gasteiger partial charge >= 0.3 is 5.97 Å². The summed E-state index contributed by atoms with van der Waals surface area (Å²) in [5.41, 5.74) is -0.465. The number of hydrogen-bond acceptors (Lipinski definition) is 4. The molecule has 152 valence electrons. The maximum Gasteiger partial charge on any atom is 0.311 e. The number of para-hydroxylation sites is 1. The topological polar surface area (TPSA) is 95.9 Å². The number of hydrogen-bond donors (Lipinski definition) is 2. The zero-order valence-corrected chi connectivity index (χ0v) is 16.6. The molecule has 1 aliphatic carbocycles. The van der Waals surface area contributed by atoms with Gasteiger partial charge in [0.2, 0.25) is 5.91 Å². The Morgan fingerprint density at radius 3 is 2.61 bits per heavy atom. The van der Waals surface area contributed by atoms with Gasteiger partial charge in [-0.1, -0.05) is 32.4 Å². The van der Waals surface area contributed by atoms with E-state index in [-0.39, 0.29) is 30.2 Å². The Morgan fingerprint density at radius 1 is 1.29 bits per heavy atom. The molecule has 3 atom stereocenters. The van der Waals surface area contributed by atoms with Gasteiger partial charge in [0, 0.05) is 13.1 Å². The highest BCUT2D eigenvalue weighted by atomic mass is 16.5. The van der Waals surface area contributed by atoms with Crippen LogP contribution in [0, 0.1) is 17.3 Å². The Bertz CT molecular complexity index is 778. The molecule has 1 saturated heterocycles. The predicted molar refractivity (Wildman–Crippen MR) is 103 cm³/mol. The molecule has 1 aliphatic heterocycles. The molecule has 0 radical (unpaired) electrons. The van der Waals surface area contributed by atoms with Gasteiger partial charge in [0.15, 0.2) is 0 Å². The van der Waals surface area contributed by atoms with E-state index in [2.05, 4.69) is 5.32 Å². The molecule has 0 spiro atoms. The van der Waals surface area contributed by atoms with Gasteiger partial charge in [-0.25, -0.2) is 0 Å². The van der Waals surface area contributed by atoms with E-state index in [1.54, 1.807) is 29.2 Å². The van der Waals surface area contributed by atoms with E-state index in [0.29, 0.717) is 24.3 Å². The van der Waals surface area contributed by atoms with E-state index in [9.17, 15) is 19.5 Å². The third-order valence-corrected chi connectivity index (χ3v) is 6.18. The highest BCUT2D eigenvalue weighted by Gasteiger charge is 2.56. The maximum atomic E-state index is 13.2. The molecule has 1 unspecified atom stereocenters. The lowest BCUT2D eigenvalue weighted by molar-refractivity contribution is -0.149. The summed E-state index contributed by atoms with van der Waals surface area (Å²) in [4.78, 5) is 39.5. The zero-order chi connectivity index (χ0) is 20.5. The first-order valence-electron chi connectivity index (χ1n) is 9.76. The minimum absolute atomic E-state index is 0.00770. The summed E-state index contributed by atoms with van der Waals surface area (Å²) >= 11 is 0. The van der Waals surface area contributed by atoms with Crippen LogP contribution in [0.3, 0.4) is 0 Å². The maximum absolute atomic E-state index is 13.2. The Hall–Kier alpha value is -2.57. The second-order valence-electron chi connectivity index (χ2n) is 8.16. The van der Waals surface area contributed by atoms with Gasteiger partial charge in [-0.2, -0.15) is 0 Å². The van der Waals surface area contributed by atoms with E-state index in [4.69, 9.17) is 4.74 Å². The largest absolute Gasteiger partial charge is 0.496 e. The van der Waals surface area contributed by atoms with Crippen molar-refractivity contribution in [2.45, 2.75) is 39.2 Å². The monoisotopic (exact) mass is 388 g/mol. The number of nitrogens with zero attached hydrogens (tertiary/aromatic N) is 1. The first-order valence-corrected chi connectivity index (χ1v) is 9.76. The summed E-state index contributed by atoms with van der Waals surface area (Å²) < 4.78 is 5.24. The number of benzene rings is 1. The molecular weight excluding hydrogens is 360 g/mol. The average Bonchev–Trinajstić information content (AvgIpc) is 3.23. The quantitative estimate of drug-likeness (QED) is 0.779. The van der Waals surface area contributed by atoms with E-state index in [1.807, 2.05) is 13.8 Å². The van der Waals surface area contributed by atoms with Crippen LogP contribution in [0.2, 0.25) is 0 Å². The number of carbonyl (C=O) groups excluding carboxylic acids is 2. The molecule has 2 aliphatic rings. The van der Waals surface area contributed by atoms with Crippen LogP contribution >= 0.6 is 0 Å². The number of ether oxygens (including phenoxy) is 1. The van der Waals surface area contributed by atoms with Crippen LogP contribution in [-0.4, -0.2) is 54.0 Å². The Morgan fingerprint density at radius 2 is 2.00 bits per heavy atom. The van der Waals surface area contributed by atoms with Gasteiger partial charge < -0.3 is 20.1 Å². The predicted octanol–water partition coefficient (Wildman–Crippen LogP) is 2.16. The van der Waals surface area contributed by atoms with Crippen molar-refractivity contribution >= 4 is 17.8 Å². The summed E-state index contributed by atoms with van der Waals surface area (Å²) in [5, 5.41) is 12.6. The van der Waals surface area contributed by atoms with Crippen LogP contribution in [0.5, 0.6) is 5.75 Å². The average molecular weight is 388 g/mol. The van der Waals surface area contributed by atoms with Gasteiger partial charge in [-0.05, 0) is 36.8 Å². The number of methoxy groups -OCH3 is 1. The van der Waals surface area contributed by atoms with Gasteiger partial charge in [-0.15, -0.1) is 0 Å². The number of aliphatic carboxylic acids is 1. The third kappa shape index (κ3) is 3.45. The molecule has 2 amide bonds. The van der Waals surface area contributed by atoms with Crippen LogP contribution in [0.4, 0.5) is 0 Å². The number of fused-ring (bicyclic) bond motifs is 1. The smallest absolute Gasteiger partial charge is 0.311 e. The molecule has 1 heterocycles. The first kappa shape index (κ1) is 20.2. The molecule has 3 rings (SSSR count). The van der Waals surface area contributed by atoms with Crippen molar-refractivity contribution in [1.29, 1.82) is 0 Å². The minimum Gasteiger partial charge on any atom is -0.496 e. The van der Waals surface area contributed by atoms with Gasteiger partial charge in [0.1, 0.15) is 11.8 Å². The van der Waals surface area contributed by atoms with Crippen molar-refractivity contribution in [3.8, 4) is 5.75 Å². The number of carboxylic acid groups (broad SMARTS) is 1. The molecule has 7 heteroatoms. The van der Waals surface area contributed by atoms with Crippen molar-refractivity contribution in [2.24, 2.45) is 17.3 Å². The second kappa shape index (κ2) is 7.81. The SMILES string of the molecule is COc1ccccc1C(=O)NC(C(=O)N1C[C@@H]2CCC[C@@]2(C(=O)O)C1)C(C)C. The van der Waals surface area contributed by atoms with E-state index >= 15 is 0 Å². The van der Waals surface area contributed by atoms with Gasteiger partial charge in [0.25, 0.3) is 5.91 Å². The Balaban J connectivity index is 1.77. The molecule has 1 saturated carbocycles. The van der Waals surface area contributed by atoms with Crippen molar-refractivity contribution in [3.05, 3.63) is 29.8 Å². The Labute approximate surface area is 165 Å². The lowest BCUT2D eigenvalue weighted by Gasteiger charge is -2.28. The first-order chi connectivity index (χ1) is 13.3. The van der Waals surface area contributed by atoms with Gasteiger partial charge in [-0.3, -0.25) is 14.4 Å². The van der Waals surface area contributed by atoms with Gasteiger partial charge in [0.05, 0.1) is 18.1 Å². The number of likely N-dealkylation sites (tertiary alicyclic amines) is 1. The van der Waals surface area contributed by atoms with E-state index in [1.165, 1.54) is 7.11 Å². The van der Waals surface area contributed by atoms with Crippen LogP contribution in [0.15, 0.2) is 24.3 Å². The normalized spacial score (nSPS) is 24.7. The molecule has 7 nitrogen and oxygen atoms in total. The number of nitrogens with one attached hydrogen (secondary N) is 1. The number of carbonyl (C=O) groups is 3. The molecule has 0 bridgehead atoms. The summed E-state index contributed by atoms with van der Waals surface area (Å²) in [7, 11) is 1.49. The fourth-order valence-electron chi connectivity index (χ4n) is 4.57. The second-order valence-corrected chi connectivity index (χ2v) is 8.16. The van der Waals surface area contributed by atoms with Crippen LogP contribution < -0.4 is 10.1 Å². The van der Waals surface area contributed by atoms with Crippen molar-refractivity contribution in [3.63, 3.8) is 0 Å². The van der Waals surface area contributed by atoms with Crippen molar-refractivity contribution in [1.82, 2.24) is 10.2 Å². The molecule has 1 aromatic carbocycles. The highest BCUT2D eigenvalue weighted by Crippen LogP contribution is 2.49. The molecule has 1 aromatic rings. The van der Waals surface area contributed by atoms with Crippen molar-refractivity contribution in [2.75, 3.05) is 20.2 Å². The molecule has 0 aromatic heterocycles. The van der Waals surface area contributed by atoms with Crippen molar-refractivity contribution < 1.29 is 24.2 Å². The summed E-state index contributed by atoms with van der Waals surface area (Å²) in [6, 6.07) is 6.13. The summed E-state index contributed by atoms with van der Waals surface area (Å²) in [6.07, 6.45) is 2.32.